The van der Waals surface area contributed by atoms with Crippen LogP contribution in [0.1, 0.15) is 42.0 Å². The summed E-state index contributed by atoms with van der Waals surface area (Å²) in [6, 6.07) is 5.42. The maximum absolute atomic E-state index is 12.6. The molecule has 7 heteroatoms. The van der Waals surface area contributed by atoms with E-state index in [1.165, 1.54) is 0 Å². The van der Waals surface area contributed by atoms with Crippen LogP contribution >= 0.6 is 0 Å². The fourth-order valence-corrected chi connectivity index (χ4v) is 3.13. The van der Waals surface area contributed by atoms with Gasteiger partial charge < -0.3 is 19.4 Å². The number of hydrogen-bond donors (Lipinski definition) is 2. The minimum atomic E-state index is -0.276. The second-order valence-electron chi connectivity index (χ2n) is 6.18. The Morgan fingerprint density at radius 3 is 2.83 bits per heavy atom. The molecule has 1 fully saturated rings. The molecule has 0 spiro atoms. The molecule has 2 aromatic heterocycles. The Kier molecular flexibility index (Phi) is 5.20. The van der Waals surface area contributed by atoms with Crippen molar-refractivity contribution in [1.29, 1.82) is 0 Å². The van der Waals surface area contributed by atoms with Crippen LogP contribution in [-0.4, -0.2) is 47.9 Å². The number of aryl methyl sites for hydroxylation is 1. The number of nitrogens with zero attached hydrogens (tertiary/aromatic N) is 2. The summed E-state index contributed by atoms with van der Waals surface area (Å²) in [5.41, 5.74) is 1.15. The van der Waals surface area contributed by atoms with Crippen molar-refractivity contribution in [2.75, 3.05) is 26.8 Å². The van der Waals surface area contributed by atoms with Crippen molar-refractivity contribution < 1.29 is 13.9 Å². The van der Waals surface area contributed by atoms with Gasteiger partial charge >= 0.3 is 6.03 Å². The molecule has 0 bridgehead atoms. The van der Waals surface area contributed by atoms with Crippen LogP contribution in [0, 0.1) is 6.92 Å². The number of aromatic nitrogens is 2. The van der Waals surface area contributed by atoms with Crippen molar-refractivity contribution in [2.24, 2.45) is 0 Å². The first-order valence-electron chi connectivity index (χ1n) is 8.27. The first kappa shape index (κ1) is 16.6. The molecule has 3 rings (SSSR count). The Balaban J connectivity index is 1.56. The highest BCUT2D eigenvalue weighted by atomic mass is 16.5. The Hall–Kier alpha value is -2.28. The van der Waals surface area contributed by atoms with E-state index in [1.807, 2.05) is 30.0 Å². The Labute approximate surface area is 141 Å². The topological polar surface area (TPSA) is 83.4 Å². The van der Waals surface area contributed by atoms with E-state index in [4.69, 9.17) is 9.15 Å². The number of furan rings is 1. The SMILES string of the molecule is COC[C@H](NC(=O)N1CCC(c2ccn[nH]2)CC1)c1ccc(C)o1. The van der Waals surface area contributed by atoms with Crippen molar-refractivity contribution in [2.45, 2.75) is 31.7 Å². The number of H-pyrrole nitrogens is 1. The summed E-state index contributed by atoms with van der Waals surface area (Å²) in [5.74, 6) is 1.98. The van der Waals surface area contributed by atoms with Crippen LogP contribution in [0.3, 0.4) is 0 Å². The standard InChI is InChI=1S/C17H24N4O3/c1-12-3-4-16(24-12)15(11-23-2)19-17(22)21-9-6-13(7-10-21)14-5-8-18-20-14/h3-5,8,13,15H,6-7,9-11H2,1-2H3,(H,18,20)(H,19,22)/t15-/m0/s1. The molecule has 130 valence electrons. The lowest BCUT2D eigenvalue weighted by atomic mass is 9.94. The lowest BCUT2D eigenvalue weighted by Crippen LogP contribution is -2.46. The molecule has 0 unspecified atom stereocenters. The van der Waals surface area contributed by atoms with Crippen LogP contribution in [0.25, 0.3) is 0 Å². The summed E-state index contributed by atoms with van der Waals surface area (Å²) in [6.45, 7) is 3.72. The second kappa shape index (κ2) is 7.53. The molecule has 1 atom stereocenters. The molecule has 1 aliphatic heterocycles. The van der Waals surface area contributed by atoms with Crippen molar-refractivity contribution >= 4 is 6.03 Å². The number of methoxy groups -OCH3 is 1. The zero-order valence-electron chi connectivity index (χ0n) is 14.1. The molecule has 24 heavy (non-hydrogen) atoms. The summed E-state index contributed by atoms with van der Waals surface area (Å²) in [5, 5.41) is 10.0. The normalized spacial score (nSPS) is 17.0. The number of piperidine rings is 1. The van der Waals surface area contributed by atoms with Gasteiger partial charge in [0.2, 0.25) is 0 Å². The minimum Gasteiger partial charge on any atom is -0.464 e. The monoisotopic (exact) mass is 332 g/mol. The van der Waals surface area contributed by atoms with Gasteiger partial charge in [0.25, 0.3) is 0 Å². The third-order valence-electron chi connectivity index (χ3n) is 4.48. The van der Waals surface area contributed by atoms with E-state index in [0.29, 0.717) is 12.5 Å². The van der Waals surface area contributed by atoms with Gasteiger partial charge in [-0.1, -0.05) is 0 Å². The van der Waals surface area contributed by atoms with E-state index >= 15 is 0 Å². The molecule has 2 aromatic rings. The lowest BCUT2D eigenvalue weighted by Gasteiger charge is -2.32. The molecule has 2 amide bonds. The van der Waals surface area contributed by atoms with Crippen molar-refractivity contribution in [3.63, 3.8) is 0 Å². The van der Waals surface area contributed by atoms with Gasteiger partial charge in [-0.3, -0.25) is 5.10 Å². The Morgan fingerprint density at radius 2 is 2.25 bits per heavy atom. The van der Waals surface area contributed by atoms with Gasteiger partial charge in [-0.25, -0.2) is 4.79 Å². The van der Waals surface area contributed by atoms with E-state index in [9.17, 15) is 4.79 Å². The van der Waals surface area contributed by atoms with Crippen LogP contribution in [0.15, 0.2) is 28.8 Å². The Morgan fingerprint density at radius 1 is 1.46 bits per heavy atom. The molecule has 1 aliphatic rings. The number of carbonyl (C=O) groups excluding carboxylic acids is 1. The summed E-state index contributed by atoms with van der Waals surface area (Å²) in [7, 11) is 1.62. The molecule has 1 saturated heterocycles. The molecule has 0 aliphatic carbocycles. The molecule has 7 nitrogen and oxygen atoms in total. The fraction of sp³-hybridized carbons (Fsp3) is 0.529. The average Bonchev–Trinajstić information content (AvgIpc) is 3.26. The van der Waals surface area contributed by atoms with Crippen LogP contribution in [0.2, 0.25) is 0 Å². The number of hydrogen-bond acceptors (Lipinski definition) is 4. The number of nitrogens with one attached hydrogen (secondary N) is 2. The highest BCUT2D eigenvalue weighted by Gasteiger charge is 2.27. The fourth-order valence-electron chi connectivity index (χ4n) is 3.13. The highest BCUT2D eigenvalue weighted by Crippen LogP contribution is 2.26. The van der Waals surface area contributed by atoms with E-state index in [2.05, 4.69) is 15.5 Å². The van der Waals surface area contributed by atoms with Crippen LogP contribution < -0.4 is 5.32 Å². The van der Waals surface area contributed by atoms with Gasteiger partial charge in [0.1, 0.15) is 17.6 Å². The van der Waals surface area contributed by atoms with E-state index in [0.717, 1.165) is 43.1 Å². The second-order valence-corrected chi connectivity index (χ2v) is 6.18. The number of aromatic amines is 1. The quantitative estimate of drug-likeness (QED) is 0.881. The Bertz CT molecular complexity index is 645. The molecular weight excluding hydrogens is 308 g/mol. The predicted octanol–water partition coefficient (Wildman–Crippen LogP) is 2.59. The first-order chi connectivity index (χ1) is 11.7. The lowest BCUT2D eigenvalue weighted by molar-refractivity contribution is 0.141. The van der Waals surface area contributed by atoms with E-state index in [-0.39, 0.29) is 12.1 Å². The predicted molar refractivity (Wildman–Crippen MR) is 88.7 cm³/mol. The zero-order valence-corrected chi connectivity index (χ0v) is 14.1. The smallest absolute Gasteiger partial charge is 0.318 e. The highest BCUT2D eigenvalue weighted by molar-refractivity contribution is 5.74. The number of ether oxygens (including phenoxy) is 1. The molecular formula is C17H24N4O3. The number of urea groups is 1. The van der Waals surface area contributed by atoms with E-state index in [1.54, 1.807) is 13.3 Å². The van der Waals surface area contributed by atoms with Gasteiger partial charge in [-0.05, 0) is 38.0 Å². The summed E-state index contributed by atoms with van der Waals surface area (Å²) in [4.78, 5) is 14.4. The van der Waals surface area contributed by atoms with Crippen molar-refractivity contribution in [3.05, 3.63) is 41.6 Å². The van der Waals surface area contributed by atoms with Gasteiger partial charge in [-0.15, -0.1) is 0 Å². The van der Waals surface area contributed by atoms with Gasteiger partial charge in [0, 0.05) is 38.0 Å². The third-order valence-corrected chi connectivity index (χ3v) is 4.48. The van der Waals surface area contributed by atoms with Crippen LogP contribution in [0.4, 0.5) is 4.79 Å². The number of carbonyl (C=O) groups is 1. The van der Waals surface area contributed by atoms with Crippen LogP contribution in [-0.2, 0) is 4.74 Å². The number of rotatable bonds is 5. The summed E-state index contributed by atoms with van der Waals surface area (Å²) in [6.07, 6.45) is 3.64. The first-order valence-corrected chi connectivity index (χ1v) is 8.27. The molecule has 2 N–H and O–H groups in total. The van der Waals surface area contributed by atoms with Gasteiger partial charge in [-0.2, -0.15) is 5.10 Å². The molecule has 0 aromatic carbocycles. The summed E-state index contributed by atoms with van der Waals surface area (Å²) < 4.78 is 10.8. The maximum atomic E-state index is 12.6. The zero-order chi connectivity index (χ0) is 16.9. The minimum absolute atomic E-state index is 0.0748. The van der Waals surface area contributed by atoms with Crippen molar-refractivity contribution in [3.8, 4) is 0 Å². The number of likely N-dealkylation sites (tertiary alicyclic amines) is 1. The summed E-state index contributed by atoms with van der Waals surface area (Å²) >= 11 is 0. The molecule has 0 saturated carbocycles. The van der Waals surface area contributed by atoms with Crippen molar-refractivity contribution in [1.82, 2.24) is 20.4 Å². The van der Waals surface area contributed by atoms with E-state index < -0.39 is 0 Å². The number of amides is 2. The van der Waals surface area contributed by atoms with Crippen LogP contribution in [0.5, 0.6) is 0 Å². The van der Waals surface area contributed by atoms with Gasteiger partial charge in [0.05, 0.1) is 6.61 Å². The third kappa shape index (κ3) is 3.79. The molecule has 0 radical (unpaired) electrons. The van der Waals surface area contributed by atoms with Gasteiger partial charge in [0.15, 0.2) is 0 Å². The molecule has 3 heterocycles. The average molecular weight is 332 g/mol. The maximum Gasteiger partial charge on any atom is 0.318 e. The largest absolute Gasteiger partial charge is 0.464 e.